The predicted molar refractivity (Wildman–Crippen MR) is 72.1 cm³/mol. The number of aromatic amines is 1. The third kappa shape index (κ3) is 2.15. The number of nitrogens with one attached hydrogen (secondary N) is 2. The number of aryl methyl sites for hydroxylation is 1. The van der Waals surface area contributed by atoms with Crippen molar-refractivity contribution in [3.05, 3.63) is 54.2 Å². The van der Waals surface area contributed by atoms with Crippen molar-refractivity contribution < 1.29 is 0 Å². The Morgan fingerprint density at radius 3 is 3.06 bits per heavy atom. The van der Waals surface area contributed by atoms with Gasteiger partial charge in [0.25, 0.3) is 0 Å². The summed E-state index contributed by atoms with van der Waals surface area (Å²) in [5, 5.41) is 4.66. The second kappa shape index (κ2) is 4.66. The summed E-state index contributed by atoms with van der Waals surface area (Å²) >= 11 is 0. The van der Waals surface area contributed by atoms with Crippen molar-refractivity contribution in [2.24, 2.45) is 7.05 Å². The summed E-state index contributed by atoms with van der Waals surface area (Å²) in [6, 6.07) is 8.56. The molecule has 0 atom stereocenters. The second-order valence-corrected chi connectivity index (χ2v) is 4.46. The van der Waals surface area contributed by atoms with Gasteiger partial charge in [0.05, 0.1) is 6.54 Å². The minimum Gasteiger partial charge on any atom is -0.361 e. The Balaban J connectivity index is 1.64. The molecule has 0 unspecified atom stereocenters. The van der Waals surface area contributed by atoms with Gasteiger partial charge in [0, 0.05) is 37.7 Å². The van der Waals surface area contributed by atoms with Crippen LogP contribution in [0.4, 0.5) is 0 Å². The van der Waals surface area contributed by atoms with Gasteiger partial charge in [-0.15, -0.1) is 0 Å². The van der Waals surface area contributed by atoms with Crippen LogP contribution in [0.15, 0.2) is 42.9 Å². The Labute approximate surface area is 106 Å². The molecule has 2 N–H and O–H groups in total. The van der Waals surface area contributed by atoms with Gasteiger partial charge in [-0.3, -0.25) is 0 Å². The highest BCUT2D eigenvalue weighted by Crippen LogP contribution is 2.14. The number of aromatic nitrogens is 3. The molecule has 0 fully saturated rings. The smallest absolute Gasteiger partial charge is 0.122 e. The van der Waals surface area contributed by atoms with Gasteiger partial charge in [0.2, 0.25) is 0 Å². The molecule has 0 radical (unpaired) electrons. The van der Waals surface area contributed by atoms with Crippen LogP contribution in [0.25, 0.3) is 10.9 Å². The highest BCUT2D eigenvalue weighted by Gasteiger charge is 2.00. The van der Waals surface area contributed by atoms with Crippen LogP contribution in [0, 0.1) is 0 Å². The van der Waals surface area contributed by atoms with Crippen LogP contribution in [0.3, 0.4) is 0 Å². The van der Waals surface area contributed by atoms with Crippen LogP contribution in [0.1, 0.15) is 11.4 Å². The van der Waals surface area contributed by atoms with Crippen LogP contribution in [-0.2, 0) is 20.1 Å². The summed E-state index contributed by atoms with van der Waals surface area (Å²) in [4.78, 5) is 7.48. The van der Waals surface area contributed by atoms with E-state index < -0.39 is 0 Å². The number of benzene rings is 1. The highest BCUT2D eigenvalue weighted by molar-refractivity contribution is 5.79. The molecule has 0 aliphatic heterocycles. The van der Waals surface area contributed by atoms with Crippen molar-refractivity contribution in [1.82, 2.24) is 19.9 Å². The molecule has 0 amide bonds. The molecule has 4 heteroatoms. The first-order chi connectivity index (χ1) is 8.83. The zero-order valence-corrected chi connectivity index (χ0v) is 10.4. The zero-order chi connectivity index (χ0) is 12.4. The largest absolute Gasteiger partial charge is 0.361 e. The summed E-state index contributed by atoms with van der Waals surface area (Å²) < 4.78 is 2.03. The molecule has 1 aromatic carbocycles. The van der Waals surface area contributed by atoms with E-state index in [2.05, 4.69) is 39.6 Å². The topological polar surface area (TPSA) is 45.6 Å². The molecule has 4 nitrogen and oxygen atoms in total. The fourth-order valence-electron chi connectivity index (χ4n) is 2.10. The van der Waals surface area contributed by atoms with Crippen LogP contribution in [0.5, 0.6) is 0 Å². The number of imidazole rings is 1. The summed E-state index contributed by atoms with van der Waals surface area (Å²) in [5.74, 6) is 1.05. The van der Waals surface area contributed by atoms with Crippen LogP contribution in [-0.4, -0.2) is 14.5 Å². The highest BCUT2D eigenvalue weighted by atomic mass is 15.1. The first-order valence-corrected chi connectivity index (χ1v) is 6.06. The molecule has 18 heavy (non-hydrogen) atoms. The Kier molecular flexibility index (Phi) is 2.86. The fraction of sp³-hybridized carbons (Fsp3) is 0.214. The van der Waals surface area contributed by atoms with E-state index in [1.807, 2.05) is 30.2 Å². The number of H-pyrrole nitrogens is 1. The maximum Gasteiger partial charge on any atom is 0.122 e. The molecule has 3 rings (SSSR count). The average molecular weight is 240 g/mol. The van der Waals surface area contributed by atoms with Gasteiger partial charge < -0.3 is 14.9 Å². The summed E-state index contributed by atoms with van der Waals surface area (Å²) in [6.45, 7) is 1.64. The molecule has 2 aromatic heterocycles. The van der Waals surface area contributed by atoms with E-state index in [-0.39, 0.29) is 0 Å². The van der Waals surface area contributed by atoms with E-state index in [0.717, 1.165) is 18.9 Å². The lowest BCUT2D eigenvalue weighted by Gasteiger charge is -2.05. The molecule has 0 saturated heterocycles. The van der Waals surface area contributed by atoms with Crippen molar-refractivity contribution in [2.45, 2.75) is 13.1 Å². The summed E-state index contributed by atoms with van der Waals surface area (Å²) in [5.41, 5.74) is 2.47. The van der Waals surface area contributed by atoms with Crippen LogP contribution in [0.2, 0.25) is 0 Å². The SMILES string of the molecule is Cn1ccnc1CNCc1ccc2[nH]ccc2c1. The number of hydrogen-bond acceptors (Lipinski definition) is 2. The molecule has 2 heterocycles. The monoisotopic (exact) mass is 240 g/mol. The number of fused-ring (bicyclic) bond motifs is 1. The van der Waals surface area contributed by atoms with E-state index in [1.54, 1.807) is 0 Å². The Bertz CT molecular complexity index is 650. The number of nitrogens with zero attached hydrogens (tertiary/aromatic N) is 2. The lowest BCUT2D eigenvalue weighted by atomic mass is 10.1. The van der Waals surface area contributed by atoms with E-state index in [4.69, 9.17) is 0 Å². The van der Waals surface area contributed by atoms with Crippen molar-refractivity contribution >= 4 is 10.9 Å². The van der Waals surface area contributed by atoms with Crippen molar-refractivity contribution in [3.8, 4) is 0 Å². The van der Waals surface area contributed by atoms with Gasteiger partial charge in [-0.05, 0) is 29.1 Å². The Morgan fingerprint density at radius 2 is 2.22 bits per heavy atom. The van der Waals surface area contributed by atoms with E-state index in [1.165, 1.54) is 16.5 Å². The molecule has 0 aliphatic rings. The third-order valence-electron chi connectivity index (χ3n) is 3.15. The average Bonchev–Trinajstić information content (AvgIpc) is 2.98. The van der Waals surface area contributed by atoms with E-state index in [9.17, 15) is 0 Å². The molecule has 0 spiro atoms. The van der Waals surface area contributed by atoms with Gasteiger partial charge in [0.1, 0.15) is 5.82 Å². The Hall–Kier alpha value is -2.07. The molecule has 0 bridgehead atoms. The normalized spacial score (nSPS) is 11.2. The maximum absolute atomic E-state index is 4.28. The summed E-state index contributed by atoms with van der Waals surface area (Å²) in [6.07, 6.45) is 5.75. The predicted octanol–water partition coefficient (Wildman–Crippen LogP) is 2.19. The molecule has 0 aliphatic carbocycles. The Morgan fingerprint density at radius 1 is 1.28 bits per heavy atom. The first kappa shape index (κ1) is 11.0. The summed E-state index contributed by atoms with van der Waals surface area (Å²) in [7, 11) is 2.01. The van der Waals surface area contributed by atoms with Crippen LogP contribution >= 0.6 is 0 Å². The standard InChI is InChI=1S/C14H16N4/c1-18-7-6-17-14(18)10-15-9-11-2-3-13-12(8-11)4-5-16-13/h2-8,15-16H,9-10H2,1H3. The van der Waals surface area contributed by atoms with Gasteiger partial charge in [-0.1, -0.05) is 6.07 Å². The number of rotatable bonds is 4. The fourth-order valence-corrected chi connectivity index (χ4v) is 2.10. The van der Waals surface area contributed by atoms with Crippen molar-refractivity contribution in [3.63, 3.8) is 0 Å². The van der Waals surface area contributed by atoms with Gasteiger partial charge in [0.15, 0.2) is 0 Å². The van der Waals surface area contributed by atoms with E-state index >= 15 is 0 Å². The molecule has 92 valence electrons. The molecule has 3 aromatic rings. The second-order valence-electron chi connectivity index (χ2n) is 4.46. The van der Waals surface area contributed by atoms with Gasteiger partial charge in [-0.25, -0.2) is 4.98 Å². The van der Waals surface area contributed by atoms with Crippen molar-refractivity contribution in [1.29, 1.82) is 0 Å². The minimum atomic E-state index is 0.786. The lowest BCUT2D eigenvalue weighted by molar-refractivity contribution is 0.639. The quantitative estimate of drug-likeness (QED) is 0.734. The minimum absolute atomic E-state index is 0.786. The zero-order valence-electron chi connectivity index (χ0n) is 10.4. The number of hydrogen-bond donors (Lipinski definition) is 2. The van der Waals surface area contributed by atoms with Crippen molar-refractivity contribution in [2.75, 3.05) is 0 Å². The third-order valence-corrected chi connectivity index (χ3v) is 3.15. The van der Waals surface area contributed by atoms with Gasteiger partial charge in [-0.2, -0.15) is 0 Å². The van der Waals surface area contributed by atoms with Gasteiger partial charge >= 0.3 is 0 Å². The molecule has 0 saturated carbocycles. The lowest BCUT2D eigenvalue weighted by Crippen LogP contribution is -2.15. The maximum atomic E-state index is 4.28. The molecular formula is C14H16N4. The molecular weight excluding hydrogens is 224 g/mol. The van der Waals surface area contributed by atoms with Crippen LogP contribution < -0.4 is 5.32 Å². The first-order valence-electron chi connectivity index (χ1n) is 6.06. The van der Waals surface area contributed by atoms with E-state index in [0.29, 0.717) is 0 Å².